The summed E-state index contributed by atoms with van der Waals surface area (Å²) in [7, 11) is 1.43. The van der Waals surface area contributed by atoms with E-state index in [0.29, 0.717) is 0 Å². The molecule has 0 atom stereocenters. The Balaban J connectivity index is 2.72. The molecule has 0 radical (unpaired) electrons. The average Bonchev–Trinajstić information content (AvgIpc) is 2.33. The lowest BCUT2D eigenvalue weighted by atomic mass is 10.4. The smallest absolute Gasteiger partial charge is 0.433 e. The highest BCUT2D eigenvalue weighted by Crippen LogP contribution is 2.30. The number of hydrogen-bond acceptors (Lipinski definition) is 5. The minimum absolute atomic E-state index is 0.0348. The first-order valence-electron chi connectivity index (χ1n) is 5.71. The minimum atomic E-state index is -4.54. The predicted octanol–water partition coefficient (Wildman–Crippen LogP) is 2.34. The van der Waals surface area contributed by atoms with Gasteiger partial charge in [-0.2, -0.15) is 18.2 Å². The van der Waals surface area contributed by atoms with Gasteiger partial charge in [0.15, 0.2) is 5.69 Å². The molecule has 0 amide bonds. The van der Waals surface area contributed by atoms with Crippen molar-refractivity contribution in [2.24, 2.45) is 0 Å². The molecule has 0 aromatic carbocycles. The van der Waals surface area contributed by atoms with Crippen LogP contribution in [0.4, 0.5) is 19.1 Å². The van der Waals surface area contributed by atoms with E-state index < -0.39 is 11.9 Å². The molecule has 0 aliphatic heterocycles. The Morgan fingerprint density at radius 3 is 2.47 bits per heavy atom. The third kappa shape index (κ3) is 5.29. The van der Waals surface area contributed by atoms with Gasteiger partial charge in [0.05, 0.1) is 12.7 Å². The van der Waals surface area contributed by atoms with Crippen LogP contribution >= 0.6 is 0 Å². The highest BCUT2D eigenvalue weighted by atomic mass is 19.4. The third-order valence-corrected chi connectivity index (χ3v) is 2.00. The van der Waals surface area contributed by atoms with E-state index in [-0.39, 0.29) is 31.1 Å². The summed E-state index contributed by atoms with van der Waals surface area (Å²) < 4.78 is 48.1. The Morgan fingerprint density at radius 1 is 1.26 bits per heavy atom. The average molecular weight is 279 g/mol. The number of alkyl halides is 3. The summed E-state index contributed by atoms with van der Waals surface area (Å²) in [6.07, 6.45) is -4.51. The molecule has 1 aromatic heterocycles. The van der Waals surface area contributed by atoms with Crippen LogP contribution in [-0.4, -0.2) is 36.3 Å². The van der Waals surface area contributed by atoms with Crippen molar-refractivity contribution in [3.8, 4) is 5.88 Å². The lowest BCUT2D eigenvalue weighted by molar-refractivity contribution is -0.141. The van der Waals surface area contributed by atoms with Crippen LogP contribution in [-0.2, 0) is 10.9 Å². The molecule has 108 valence electrons. The molecular weight excluding hydrogens is 263 g/mol. The summed E-state index contributed by atoms with van der Waals surface area (Å²) in [5, 5.41) is 2.46. The van der Waals surface area contributed by atoms with Gasteiger partial charge in [-0.1, -0.05) is 0 Å². The van der Waals surface area contributed by atoms with E-state index in [2.05, 4.69) is 15.3 Å². The molecule has 1 rings (SSSR count). The Kier molecular flexibility index (Phi) is 5.34. The number of ether oxygens (including phenoxy) is 2. The van der Waals surface area contributed by atoms with Gasteiger partial charge in [0.2, 0.25) is 11.8 Å². The fraction of sp³-hybridized carbons (Fsp3) is 0.636. The van der Waals surface area contributed by atoms with Gasteiger partial charge in [-0.3, -0.25) is 0 Å². The molecule has 0 bridgehead atoms. The van der Waals surface area contributed by atoms with Gasteiger partial charge in [-0.25, -0.2) is 4.98 Å². The van der Waals surface area contributed by atoms with Crippen LogP contribution in [0.2, 0.25) is 0 Å². The van der Waals surface area contributed by atoms with Crippen molar-refractivity contribution in [1.29, 1.82) is 0 Å². The monoisotopic (exact) mass is 279 g/mol. The van der Waals surface area contributed by atoms with Gasteiger partial charge in [0.25, 0.3) is 0 Å². The van der Waals surface area contributed by atoms with E-state index in [4.69, 9.17) is 9.47 Å². The first-order chi connectivity index (χ1) is 8.82. The zero-order valence-electron chi connectivity index (χ0n) is 10.9. The molecule has 19 heavy (non-hydrogen) atoms. The van der Waals surface area contributed by atoms with E-state index in [9.17, 15) is 13.2 Å². The first-order valence-corrected chi connectivity index (χ1v) is 5.71. The highest BCUT2D eigenvalue weighted by Gasteiger charge is 2.34. The molecule has 0 unspecified atom stereocenters. The number of hydrogen-bond donors (Lipinski definition) is 1. The summed E-state index contributed by atoms with van der Waals surface area (Å²) in [5.74, 6) is -0.284. The molecule has 1 N–H and O–H groups in total. The first kappa shape index (κ1) is 15.5. The molecule has 0 aliphatic carbocycles. The number of nitrogens with zero attached hydrogens (tertiary/aromatic N) is 2. The van der Waals surface area contributed by atoms with Crippen LogP contribution in [0.1, 0.15) is 19.5 Å². The summed E-state index contributed by atoms with van der Waals surface area (Å²) >= 11 is 0. The molecule has 0 spiro atoms. The van der Waals surface area contributed by atoms with Crippen molar-refractivity contribution in [1.82, 2.24) is 9.97 Å². The Labute approximate surface area is 109 Å². The van der Waals surface area contributed by atoms with Gasteiger partial charge < -0.3 is 14.8 Å². The van der Waals surface area contributed by atoms with Crippen LogP contribution in [0.25, 0.3) is 0 Å². The van der Waals surface area contributed by atoms with Crippen LogP contribution in [0.5, 0.6) is 5.88 Å². The van der Waals surface area contributed by atoms with Crippen molar-refractivity contribution < 1.29 is 22.6 Å². The van der Waals surface area contributed by atoms with Crippen LogP contribution < -0.4 is 10.1 Å². The fourth-order valence-electron chi connectivity index (χ4n) is 1.19. The van der Waals surface area contributed by atoms with Gasteiger partial charge in [0, 0.05) is 13.1 Å². The third-order valence-electron chi connectivity index (χ3n) is 2.00. The molecule has 5 nitrogen and oxygen atoms in total. The number of aromatic nitrogens is 2. The minimum Gasteiger partial charge on any atom is -0.475 e. The van der Waals surface area contributed by atoms with Gasteiger partial charge >= 0.3 is 6.18 Å². The molecule has 1 aromatic rings. The van der Waals surface area contributed by atoms with Crippen molar-refractivity contribution in [3.05, 3.63) is 11.8 Å². The van der Waals surface area contributed by atoms with Crippen molar-refractivity contribution >= 4 is 5.95 Å². The Morgan fingerprint density at radius 2 is 1.95 bits per heavy atom. The summed E-state index contributed by atoms with van der Waals surface area (Å²) in [6.45, 7) is 4.10. The van der Waals surface area contributed by atoms with E-state index in [1.165, 1.54) is 7.05 Å². The largest absolute Gasteiger partial charge is 0.475 e. The number of anilines is 1. The lowest BCUT2D eigenvalue weighted by Gasteiger charge is -2.12. The molecule has 8 heteroatoms. The van der Waals surface area contributed by atoms with Crippen LogP contribution in [0.15, 0.2) is 6.07 Å². The zero-order valence-corrected chi connectivity index (χ0v) is 10.9. The highest BCUT2D eigenvalue weighted by molar-refractivity contribution is 5.31. The van der Waals surface area contributed by atoms with E-state index in [0.717, 1.165) is 6.07 Å². The normalized spacial score (nSPS) is 11.7. The standard InChI is InChI=1S/C11H16F3N3O2/c1-7(2)18-4-5-19-9-6-8(11(12,13)14)16-10(15-3)17-9/h6-7H,4-5H2,1-3H3,(H,15,16,17). The maximum absolute atomic E-state index is 12.6. The Hall–Kier alpha value is -1.57. The second kappa shape index (κ2) is 6.55. The van der Waals surface area contributed by atoms with Crippen molar-refractivity contribution in [2.75, 3.05) is 25.6 Å². The Bertz CT molecular complexity index is 411. The summed E-state index contributed by atoms with van der Waals surface area (Å²) in [5.41, 5.74) is -1.05. The molecular formula is C11H16F3N3O2. The molecule has 0 saturated carbocycles. The zero-order chi connectivity index (χ0) is 14.5. The summed E-state index contributed by atoms with van der Waals surface area (Å²) in [6, 6.07) is 0.760. The van der Waals surface area contributed by atoms with E-state index in [1.807, 2.05) is 13.8 Å². The van der Waals surface area contributed by atoms with Gasteiger partial charge in [0.1, 0.15) is 6.61 Å². The predicted molar refractivity (Wildman–Crippen MR) is 63.2 cm³/mol. The summed E-state index contributed by atoms with van der Waals surface area (Å²) in [4.78, 5) is 7.10. The molecule has 0 aliphatic rings. The van der Waals surface area contributed by atoms with Crippen LogP contribution in [0.3, 0.4) is 0 Å². The molecule has 1 heterocycles. The van der Waals surface area contributed by atoms with Gasteiger partial charge in [-0.15, -0.1) is 0 Å². The van der Waals surface area contributed by atoms with Gasteiger partial charge in [-0.05, 0) is 13.8 Å². The maximum Gasteiger partial charge on any atom is 0.433 e. The lowest BCUT2D eigenvalue weighted by Crippen LogP contribution is -2.14. The van der Waals surface area contributed by atoms with Crippen molar-refractivity contribution in [3.63, 3.8) is 0 Å². The number of rotatable bonds is 6. The second-order valence-electron chi connectivity index (χ2n) is 3.93. The maximum atomic E-state index is 12.6. The van der Waals surface area contributed by atoms with E-state index in [1.54, 1.807) is 0 Å². The van der Waals surface area contributed by atoms with E-state index >= 15 is 0 Å². The fourth-order valence-corrected chi connectivity index (χ4v) is 1.19. The van der Waals surface area contributed by atoms with Crippen LogP contribution in [0, 0.1) is 0 Å². The quantitative estimate of drug-likeness (QED) is 0.810. The second-order valence-corrected chi connectivity index (χ2v) is 3.93. The topological polar surface area (TPSA) is 56.3 Å². The van der Waals surface area contributed by atoms with Crippen molar-refractivity contribution in [2.45, 2.75) is 26.1 Å². The SMILES string of the molecule is CNc1nc(OCCOC(C)C)cc(C(F)(F)F)n1. The molecule has 0 saturated heterocycles. The number of halogens is 3. The number of nitrogens with one attached hydrogen (secondary N) is 1. The molecule has 0 fully saturated rings.